The predicted octanol–water partition coefficient (Wildman–Crippen LogP) is 2.99. The fourth-order valence-corrected chi connectivity index (χ4v) is 3.64. The Morgan fingerprint density at radius 3 is 2.44 bits per heavy atom. The number of halogens is 1. The summed E-state index contributed by atoms with van der Waals surface area (Å²) in [6, 6.07) is 10.2. The van der Waals surface area contributed by atoms with Gasteiger partial charge in [-0.2, -0.15) is 0 Å². The van der Waals surface area contributed by atoms with Crippen LogP contribution in [0.2, 0.25) is 0 Å². The van der Waals surface area contributed by atoms with E-state index in [1.807, 2.05) is 44.0 Å². The zero-order valence-corrected chi connectivity index (χ0v) is 15.9. The van der Waals surface area contributed by atoms with Gasteiger partial charge in [-0.25, -0.2) is 0 Å². The van der Waals surface area contributed by atoms with Crippen LogP contribution in [-0.4, -0.2) is 36.1 Å². The summed E-state index contributed by atoms with van der Waals surface area (Å²) in [5, 5.41) is 7.36. The molecule has 1 N–H and O–H groups in total. The van der Waals surface area contributed by atoms with Crippen molar-refractivity contribution < 1.29 is 9.32 Å². The second-order valence-electron chi connectivity index (χ2n) is 6.66. The highest BCUT2D eigenvalue weighted by Crippen LogP contribution is 2.35. The van der Waals surface area contributed by atoms with E-state index in [9.17, 15) is 4.79 Å². The molecule has 136 valence electrons. The van der Waals surface area contributed by atoms with Gasteiger partial charge in [0, 0.05) is 12.6 Å². The van der Waals surface area contributed by atoms with Gasteiger partial charge in [0.05, 0.1) is 17.7 Å². The Bertz CT molecular complexity index is 689. The van der Waals surface area contributed by atoms with Gasteiger partial charge in [-0.1, -0.05) is 35.5 Å². The third kappa shape index (κ3) is 3.72. The molecular weight excluding hydrogens is 338 g/mol. The Kier molecular flexibility index (Phi) is 6.25. The van der Waals surface area contributed by atoms with Crippen LogP contribution in [0.25, 0.3) is 0 Å². The smallest absolute Gasteiger partial charge is 0.233 e. The normalized spacial score (nSPS) is 16.1. The first kappa shape index (κ1) is 19.5. The predicted molar refractivity (Wildman–Crippen MR) is 99.9 cm³/mol. The summed E-state index contributed by atoms with van der Waals surface area (Å²) in [4.78, 5) is 15.2. The Labute approximate surface area is 155 Å². The second kappa shape index (κ2) is 8.02. The van der Waals surface area contributed by atoms with Gasteiger partial charge in [0.15, 0.2) is 0 Å². The first-order chi connectivity index (χ1) is 11.5. The molecule has 0 radical (unpaired) electrons. The van der Waals surface area contributed by atoms with Crippen molar-refractivity contribution in [1.82, 2.24) is 15.4 Å². The summed E-state index contributed by atoms with van der Waals surface area (Å²) in [5.41, 5.74) is 2.52. The quantitative estimate of drug-likeness (QED) is 0.907. The molecule has 2 heterocycles. The van der Waals surface area contributed by atoms with Crippen LogP contribution in [0.5, 0.6) is 0 Å². The van der Waals surface area contributed by atoms with Crippen LogP contribution in [0, 0.1) is 13.8 Å². The largest absolute Gasteiger partial charge is 0.361 e. The number of carbonyl (C=O) groups is 1. The summed E-state index contributed by atoms with van der Waals surface area (Å²) in [6.07, 6.45) is 1.64. The van der Waals surface area contributed by atoms with Crippen LogP contribution in [0.15, 0.2) is 34.9 Å². The number of aryl methyl sites for hydroxylation is 2. The average Bonchev–Trinajstić information content (AvgIpc) is 2.94. The zero-order chi connectivity index (χ0) is 17.2. The first-order valence-corrected chi connectivity index (χ1v) is 8.48. The maximum Gasteiger partial charge on any atom is 0.233 e. The zero-order valence-electron chi connectivity index (χ0n) is 15.0. The first-order valence-electron chi connectivity index (χ1n) is 8.48. The minimum atomic E-state index is -0.444. The average molecular weight is 364 g/mol. The van der Waals surface area contributed by atoms with Crippen molar-refractivity contribution >= 4 is 18.3 Å². The third-order valence-corrected chi connectivity index (χ3v) is 5.12. The van der Waals surface area contributed by atoms with Crippen LogP contribution in [0.4, 0.5) is 0 Å². The number of benzene rings is 1. The maximum absolute atomic E-state index is 13.4. The second-order valence-corrected chi connectivity index (χ2v) is 6.66. The molecule has 1 amide bonds. The van der Waals surface area contributed by atoms with Crippen LogP contribution in [-0.2, 0) is 16.8 Å². The van der Waals surface area contributed by atoms with Crippen molar-refractivity contribution in [3.63, 3.8) is 0 Å². The number of hydrogen-bond acceptors (Lipinski definition) is 4. The van der Waals surface area contributed by atoms with Crippen molar-refractivity contribution in [2.45, 2.75) is 38.6 Å². The van der Waals surface area contributed by atoms with Crippen molar-refractivity contribution in [3.8, 4) is 0 Å². The molecule has 0 unspecified atom stereocenters. The van der Waals surface area contributed by atoms with Gasteiger partial charge in [-0.15, -0.1) is 12.4 Å². The molecule has 1 aromatic carbocycles. The molecule has 0 saturated carbocycles. The van der Waals surface area contributed by atoms with Crippen LogP contribution >= 0.6 is 12.4 Å². The van der Waals surface area contributed by atoms with Gasteiger partial charge in [0.2, 0.25) is 5.91 Å². The Balaban J connectivity index is 0.00000225. The molecule has 1 aromatic heterocycles. The monoisotopic (exact) mass is 363 g/mol. The molecule has 2 aromatic rings. The maximum atomic E-state index is 13.4. The molecule has 1 aliphatic rings. The number of aromatic nitrogens is 1. The molecule has 3 rings (SSSR count). The van der Waals surface area contributed by atoms with E-state index in [1.165, 1.54) is 0 Å². The summed E-state index contributed by atoms with van der Waals surface area (Å²) in [7, 11) is 1.88. The lowest BCUT2D eigenvalue weighted by Crippen LogP contribution is -2.51. The lowest BCUT2D eigenvalue weighted by molar-refractivity contribution is -0.137. The molecule has 6 heteroatoms. The Hall–Kier alpha value is -1.85. The Morgan fingerprint density at radius 2 is 1.88 bits per heavy atom. The molecule has 0 bridgehead atoms. The van der Waals surface area contributed by atoms with Gasteiger partial charge < -0.3 is 14.7 Å². The minimum absolute atomic E-state index is 0. The van der Waals surface area contributed by atoms with E-state index in [1.54, 1.807) is 0 Å². The highest BCUT2D eigenvalue weighted by Gasteiger charge is 2.42. The van der Waals surface area contributed by atoms with Gasteiger partial charge >= 0.3 is 0 Å². The highest BCUT2D eigenvalue weighted by molar-refractivity contribution is 5.88. The SMILES string of the molecule is Cc1noc(C)c1CN(C)C(=O)C1(c2ccccc2)CCNCC1.Cl. The highest BCUT2D eigenvalue weighted by atomic mass is 35.5. The number of amides is 1. The number of piperidine rings is 1. The number of likely N-dealkylation sites (N-methyl/N-ethyl adjacent to an activating group) is 1. The summed E-state index contributed by atoms with van der Waals surface area (Å²) >= 11 is 0. The summed E-state index contributed by atoms with van der Waals surface area (Å²) in [5.74, 6) is 0.960. The molecule has 1 aliphatic heterocycles. The summed E-state index contributed by atoms with van der Waals surface area (Å²) < 4.78 is 5.23. The standard InChI is InChI=1S/C19H25N3O2.ClH/c1-14-17(15(2)24-21-14)13-22(3)18(23)19(9-11-20-12-10-19)16-7-5-4-6-8-16;/h4-8,20H,9-13H2,1-3H3;1H. The van der Waals surface area contributed by atoms with Crippen LogP contribution in [0.1, 0.15) is 35.4 Å². The summed E-state index contributed by atoms with van der Waals surface area (Å²) in [6.45, 7) is 6.06. The minimum Gasteiger partial charge on any atom is -0.361 e. The van der Waals surface area contributed by atoms with E-state index in [0.29, 0.717) is 6.54 Å². The molecule has 0 atom stereocenters. The number of nitrogens with one attached hydrogen (secondary N) is 1. The van der Waals surface area contributed by atoms with Gasteiger partial charge in [0.1, 0.15) is 5.76 Å². The molecule has 1 fully saturated rings. The number of carbonyl (C=O) groups excluding carboxylic acids is 1. The topological polar surface area (TPSA) is 58.4 Å². The van der Waals surface area contributed by atoms with Gasteiger partial charge in [-0.3, -0.25) is 4.79 Å². The fourth-order valence-electron chi connectivity index (χ4n) is 3.64. The molecule has 0 spiro atoms. The fraction of sp³-hybridized carbons (Fsp3) is 0.474. The van der Waals surface area contributed by atoms with Crippen molar-refractivity contribution in [3.05, 3.63) is 52.9 Å². The number of rotatable bonds is 4. The molecule has 1 saturated heterocycles. The lowest BCUT2D eigenvalue weighted by Gasteiger charge is -2.39. The van der Waals surface area contributed by atoms with E-state index in [4.69, 9.17) is 4.52 Å². The molecule has 25 heavy (non-hydrogen) atoms. The number of nitrogens with zero attached hydrogens (tertiary/aromatic N) is 2. The number of hydrogen-bond donors (Lipinski definition) is 1. The van der Waals surface area contributed by atoms with Crippen LogP contribution in [0.3, 0.4) is 0 Å². The van der Waals surface area contributed by atoms with Crippen molar-refractivity contribution in [1.29, 1.82) is 0 Å². The molecular formula is C19H26ClN3O2. The van der Waals surface area contributed by atoms with Gasteiger partial charge in [0.25, 0.3) is 0 Å². The van der Waals surface area contributed by atoms with Crippen molar-refractivity contribution in [2.75, 3.05) is 20.1 Å². The van der Waals surface area contributed by atoms with E-state index in [2.05, 4.69) is 22.6 Å². The molecule has 0 aliphatic carbocycles. The van der Waals surface area contributed by atoms with E-state index < -0.39 is 5.41 Å². The Morgan fingerprint density at radius 1 is 1.24 bits per heavy atom. The van der Waals surface area contributed by atoms with E-state index in [-0.39, 0.29) is 18.3 Å². The van der Waals surface area contributed by atoms with E-state index in [0.717, 1.165) is 48.5 Å². The van der Waals surface area contributed by atoms with Gasteiger partial charge in [-0.05, 0) is 45.3 Å². The lowest BCUT2D eigenvalue weighted by atomic mass is 9.72. The van der Waals surface area contributed by atoms with E-state index >= 15 is 0 Å². The van der Waals surface area contributed by atoms with Crippen LogP contribution < -0.4 is 5.32 Å². The third-order valence-electron chi connectivity index (χ3n) is 5.12. The molecule has 5 nitrogen and oxygen atoms in total. The van der Waals surface area contributed by atoms with Crippen molar-refractivity contribution in [2.24, 2.45) is 0 Å².